The molecule has 0 fully saturated rings. The maximum atomic E-state index is 13.1. The summed E-state index contributed by atoms with van der Waals surface area (Å²) in [6.45, 7) is 14.2. The lowest BCUT2D eigenvalue weighted by atomic mass is 9.99. The number of hydrogen-bond donors (Lipinski definition) is 3. The van der Waals surface area contributed by atoms with Crippen molar-refractivity contribution in [3.8, 4) is 0 Å². The molecule has 0 aliphatic carbocycles. The largest absolute Gasteiger partial charge is 0.472 e. The summed E-state index contributed by atoms with van der Waals surface area (Å²) in [7, 11) is -9.92. The van der Waals surface area contributed by atoms with Crippen LogP contribution in [-0.4, -0.2) is 96.7 Å². The lowest BCUT2D eigenvalue weighted by molar-refractivity contribution is -0.161. The Hall–Kier alpha value is -1.94. The first-order chi connectivity index (χ1) is 47.7. The van der Waals surface area contributed by atoms with Crippen molar-refractivity contribution in [1.29, 1.82) is 0 Å². The summed E-state index contributed by atoms with van der Waals surface area (Å²) in [4.78, 5) is 72.9. The van der Waals surface area contributed by atoms with Crippen molar-refractivity contribution >= 4 is 39.5 Å². The van der Waals surface area contributed by atoms with Gasteiger partial charge in [0, 0.05) is 25.7 Å². The van der Waals surface area contributed by atoms with E-state index < -0.39 is 97.5 Å². The van der Waals surface area contributed by atoms with Crippen LogP contribution in [0.15, 0.2) is 0 Å². The highest BCUT2D eigenvalue weighted by atomic mass is 31.2. The molecule has 0 spiro atoms. The van der Waals surface area contributed by atoms with Gasteiger partial charge in [-0.3, -0.25) is 37.3 Å². The number of rotatable bonds is 77. The van der Waals surface area contributed by atoms with Crippen LogP contribution in [0.2, 0.25) is 0 Å². The van der Waals surface area contributed by atoms with E-state index in [0.717, 1.165) is 114 Å². The molecule has 0 aromatic rings. The summed E-state index contributed by atoms with van der Waals surface area (Å²) >= 11 is 0. The van der Waals surface area contributed by atoms with E-state index in [1.165, 1.54) is 205 Å². The van der Waals surface area contributed by atoms with Gasteiger partial charge in [-0.1, -0.05) is 357 Å². The van der Waals surface area contributed by atoms with Gasteiger partial charge in [-0.15, -0.1) is 0 Å². The number of unbranched alkanes of at least 4 members (excludes halogenated alkanes) is 41. The molecule has 0 radical (unpaired) electrons. The van der Waals surface area contributed by atoms with Crippen LogP contribution in [0, 0.1) is 23.7 Å². The second-order valence-electron chi connectivity index (χ2n) is 30.2. The van der Waals surface area contributed by atoms with Gasteiger partial charge in [0.15, 0.2) is 12.2 Å². The highest BCUT2D eigenvalue weighted by Crippen LogP contribution is 2.45. The standard InChI is InChI=1S/C80H156O17P2/c1-9-72(7)58-50-42-33-27-23-19-15-13-11-12-14-16-20-24-28-36-46-54-62-79(84)96-75(66-90-77(82)60-52-44-35-31-30-34-43-51-59-73(8)10-2)68-94-98(86,87)92-64-74(81)65-93-99(88,89)95-69-76(67-91-78(83)61-53-45-39-38-41-49-57-71(5)6)97-80(85)63-55-47-37-29-25-21-17-18-22-26-32-40-48-56-70(3)4/h70-76,81H,9-69H2,1-8H3,(H,86,87)(H,88,89)/t72?,73?,74-,75-,76-/m1/s1. The van der Waals surface area contributed by atoms with Crippen LogP contribution < -0.4 is 0 Å². The molecule has 99 heavy (non-hydrogen) atoms. The van der Waals surface area contributed by atoms with Gasteiger partial charge in [-0.25, -0.2) is 9.13 Å². The minimum atomic E-state index is -4.96. The first-order valence-electron chi connectivity index (χ1n) is 41.3. The monoisotopic (exact) mass is 1450 g/mol. The third-order valence-electron chi connectivity index (χ3n) is 19.3. The molecule has 0 saturated carbocycles. The van der Waals surface area contributed by atoms with E-state index in [2.05, 4.69) is 55.4 Å². The molecule has 0 heterocycles. The van der Waals surface area contributed by atoms with Crippen LogP contribution in [0.3, 0.4) is 0 Å². The molecular formula is C80H156O17P2. The molecule has 0 saturated heterocycles. The molecule has 0 aromatic heterocycles. The molecule has 0 aliphatic rings. The number of carbonyl (C=O) groups is 4. The Morgan fingerprint density at radius 3 is 0.717 bits per heavy atom. The van der Waals surface area contributed by atoms with Crippen molar-refractivity contribution in [3.63, 3.8) is 0 Å². The summed E-state index contributed by atoms with van der Waals surface area (Å²) < 4.78 is 68.6. The Morgan fingerprint density at radius 2 is 0.485 bits per heavy atom. The Bertz CT molecular complexity index is 1940. The molecule has 0 aromatic carbocycles. The van der Waals surface area contributed by atoms with Crippen molar-refractivity contribution in [3.05, 3.63) is 0 Å². The van der Waals surface area contributed by atoms with Crippen LogP contribution in [-0.2, 0) is 65.4 Å². The number of ether oxygens (including phenoxy) is 4. The van der Waals surface area contributed by atoms with Crippen LogP contribution in [0.25, 0.3) is 0 Å². The Kier molecular flexibility index (Phi) is 67.8. The lowest BCUT2D eigenvalue weighted by Crippen LogP contribution is -2.30. The van der Waals surface area contributed by atoms with Crippen molar-refractivity contribution in [2.45, 2.75) is 427 Å². The van der Waals surface area contributed by atoms with Gasteiger partial charge in [0.1, 0.15) is 19.3 Å². The normalized spacial score (nSPS) is 14.6. The summed E-state index contributed by atoms with van der Waals surface area (Å²) in [5.41, 5.74) is 0. The summed E-state index contributed by atoms with van der Waals surface area (Å²) in [5, 5.41) is 10.6. The molecular weight excluding hydrogens is 1290 g/mol. The van der Waals surface area contributed by atoms with Gasteiger partial charge >= 0.3 is 39.5 Å². The second-order valence-corrected chi connectivity index (χ2v) is 33.1. The van der Waals surface area contributed by atoms with E-state index in [4.69, 9.17) is 37.0 Å². The number of hydrogen-bond acceptors (Lipinski definition) is 15. The Balaban J connectivity index is 5.18. The number of aliphatic hydroxyl groups excluding tert-OH is 1. The predicted octanol–water partition coefficient (Wildman–Crippen LogP) is 23.6. The molecule has 19 heteroatoms. The van der Waals surface area contributed by atoms with E-state index in [9.17, 15) is 43.2 Å². The summed E-state index contributed by atoms with van der Waals surface area (Å²) in [5.74, 6) is 0.996. The predicted molar refractivity (Wildman–Crippen MR) is 404 cm³/mol. The second kappa shape index (κ2) is 69.1. The van der Waals surface area contributed by atoms with E-state index in [1.807, 2.05) is 0 Å². The number of carbonyl (C=O) groups excluding carboxylic acids is 4. The van der Waals surface area contributed by atoms with Crippen molar-refractivity contribution in [2.75, 3.05) is 39.6 Å². The van der Waals surface area contributed by atoms with E-state index in [-0.39, 0.29) is 25.7 Å². The molecule has 588 valence electrons. The zero-order valence-corrected chi connectivity index (χ0v) is 66.9. The third-order valence-corrected chi connectivity index (χ3v) is 21.2. The molecule has 7 atom stereocenters. The SMILES string of the molecule is CCC(C)CCCCCCCCCCCCCCCCCCCCC(=O)O[C@H](COC(=O)CCCCCCCCCCC(C)CC)COP(=O)(O)OC[C@@H](O)COP(=O)(O)OC[C@@H](COC(=O)CCCCCCCCC(C)C)OC(=O)CCCCCCCCCCCCCCCC(C)C. The highest BCUT2D eigenvalue weighted by Gasteiger charge is 2.30. The Morgan fingerprint density at radius 1 is 0.283 bits per heavy atom. The summed E-state index contributed by atoms with van der Waals surface area (Å²) in [6, 6.07) is 0. The van der Waals surface area contributed by atoms with E-state index in [0.29, 0.717) is 31.6 Å². The Labute approximate surface area is 607 Å². The quantitative estimate of drug-likeness (QED) is 0.0222. The minimum Gasteiger partial charge on any atom is -0.462 e. The van der Waals surface area contributed by atoms with Gasteiger partial charge in [-0.2, -0.15) is 0 Å². The third kappa shape index (κ3) is 71.5. The van der Waals surface area contributed by atoms with Crippen LogP contribution in [0.4, 0.5) is 0 Å². The highest BCUT2D eigenvalue weighted by molar-refractivity contribution is 7.47. The van der Waals surface area contributed by atoms with E-state index >= 15 is 0 Å². The molecule has 4 unspecified atom stereocenters. The van der Waals surface area contributed by atoms with Crippen molar-refractivity contribution in [2.24, 2.45) is 23.7 Å². The van der Waals surface area contributed by atoms with Gasteiger partial charge in [0.05, 0.1) is 26.4 Å². The van der Waals surface area contributed by atoms with Crippen molar-refractivity contribution < 1.29 is 80.2 Å². The number of phosphoric acid groups is 2. The maximum Gasteiger partial charge on any atom is 0.472 e. The van der Waals surface area contributed by atoms with Gasteiger partial charge in [0.25, 0.3) is 0 Å². The van der Waals surface area contributed by atoms with Crippen LogP contribution in [0.1, 0.15) is 409 Å². The smallest absolute Gasteiger partial charge is 0.462 e. The molecule has 3 N–H and O–H groups in total. The fourth-order valence-corrected chi connectivity index (χ4v) is 13.8. The molecule has 0 rings (SSSR count). The zero-order valence-electron chi connectivity index (χ0n) is 65.1. The molecule has 17 nitrogen and oxygen atoms in total. The average Bonchev–Trinajstić information content (AvgIpc) is 1.10. The van der Waals surface area contributed by atoms with Gasteiger partial charge in [-0.05, 0) is 49.4 Å². The topological polar surface area (TPSA) is 237 Å². The number of phosphoric ester groups is 2. The summed E-state index contributed by atoms with van der Waals surface area (Å²) in [6.07, 6.45) is 55.7. The van der Waals surface area contributed by atoms with Gasteiger partial charge in [0.2, 0.25) is 0 Å². The molecule has 0 amide bonds. The van der Waals surface area contributed by atoms with E-state index in [1.54, 1.807) is 0 Å². The van der Waals surface area contributed by atoms with Crippen LogP contribution >= 0.6 is 15.6 Å². The molecule has 0 bridgehead atoms. The van der Waals surface area contributed by atoms with Crippen molar-refractivity contribution in [1.82, 2.24) is 0 Å². The minimum absolute atomic E-state index is 0.106. The first-order valence-corrected chi connectivity index (χ1v) is 44.3. The molecule has 0 aliphatic heterocycles. The van der Waals surface area contributed by atoms with Crippen LogP contribution in [0.5, 0.6) is 0 Å². The number of esters is 4. The van der Waals surface area contributed by atoms with Gasteiger partial charge < -0.3 is 33.8 Å². The fraction of sp³-hybridized carbons (Fsp3) is 0.950. The first kappa shape index (κ1) is 97.1. The fourth-order valence-electron chi connectivity index (χ4n) is 12.2. The maximum absolute atomic E-state index is 13.1. The zero-order chi connectivity index (χ0) is 73.1. The average molecular weight is 1450 g/mol. The lowest BCUT2D eigenvalue weighted by Gasteiger charge is -2.21. The number of aliphatic hydroxyl groups is 1.